The van der Waals surface area contributed by atoms with Gasteiger partial charge in [0.05, 0.1) is 6.61 Å². The summed E-state index contributed by atoms with van der Waals surface area (Å²) < 4.78 is 15.2. The molecular weight excluding hydrogens is 326 g/mol. The Morgan fingerprint density at radius 3 is 2.68 bits per heavy atom. The van der Waals surface area contributed by atoms with Gasteiger partial charge in [-0.05, 0) is 32.0 Å². The van der Waals surface area contributed by atoms with Crippen molar-refractivity contribution in [2.24, 2.45) is 0 Å². The van der Waals surface area contributed by atoms with E-state index >= 15 is 0 Å². The maximum Gasteiger partial charge on any atom is 0.349 e. The van der Waals surface area contributed by atoms with Crippen LogP contribution in [0.5, 0.6) is 5.75 Å². The first-order chi connectivity index (χ1) is 11.9. The molecule has 1 N–H and O–H groups in total. The van der Waals surface area contributed by atoms with Crippen molar-refractivity contribution < 1.29 is 23.5 Å². The number of allylic oxidation sites excluding steroid dienone is 1. The Morgan fingerprint density at radius 2 is 2.00 bits per heavy atom. The van der Waals surface area contributed by atoms with Crippen LogP contribution in [0, 0.1) is 0 Å². The Kier molecular flexibility index (Phi) is 6.08. The molecule has 132 valence electrons. The summed E-state index contributed by atoms with van der Waals surface area (Å²) >= 11 is 0. The minimum Gasteiger partial charge on any atom is -0.423 e. The quantitative estimate of drug-likeness (QED) is 0.283. The minimum atomic E-state index is -0.768. The van der Waals surface area contributed by atoms with Gasteiger partial charge >= 0.3 is 11.6 Å². The summed E-state index contributed by atoms with van der Waals surface area (Å²) in [5.41, 5.74) is 0.162. The second kappa shape index (κ2) is 8.25. The van der Waals surface area contributed by atoms with E-state index in [2.05, 4.69) is 5.32 Å². The smallest absolute Gasteiger partial charge is 0.349 e. The number of ether oxygens (including phenoxy) is 2. The lowest BCUT2D eigenvalue weighted by molar-refractivity contribution is -0.129. The first kappa shape index (κ1) is 18.4. The van der Waals surface area contributed by atoms with Crippen molar-refractivity contribution in [3.8, 4) is 5.75 Å². The molecule has 1 aromatic heterocycles. The van der Waals surface area contributed by atoms with Crippen molar-refractivity contribution >= 4 is 22.8 Å². The van der Waals surface area contributed by atoms with E-state index in [1.54, 1.807) is 26.0 Å². The summed E-state index contributed by atoms with van der Waals surface area (Å²) in [6.07, 6.45) is 1.35. The maximum atomic E-state index is 12.0. The molecule has 0 aliphatic carbocycles. The molecule has 25 heavy (non-hydrogen) atoms. The number of rotatable bonds is 6. The number of methoxy groups -OCH3 is 1. The van der Waals surface area contributed by atoms with Crippen LogP contribution in [-0.2, 0) is 9.53 Å². The van der Waals surface area contributed by atoms with Crippen molar-refractivity contribution in [2.45, 2.75) is 13.8 Å². The molecule has 0 saturated heterocycles. The van der Waals surface area contributed by atoms with E-state index < -0.39 is 17.5 Å². The zero-order valence-electron chi connectivity index (χ0n) is 14.3. The largest absolute Gasteiger partial charge is 0.423 e. The third-order valence-electron chi connectivity index (χ3n) is 3.17. The van der Waals surface area contributed by atoms with Crippen molar-refractivity contribution in [3.63, 3.8) is 0 Å². The van der Waals surface area contributed by atoms with Gasteiger partial charge in [-0.2, -0.15) is 0 Å². The number of hydrogen-bond donors (Lipinski definition) is 1. The maximum absolute atomic E-state index is 12.0. The van der Waals surface area contributed by atoms with Gasteiger partial charge in [-0.25, -0.2) is 9.59 Å². The Hall–Kier alpha value is -2.93. The van der Waals surface area contributed by atoms with E-state index in [4.69, 9.17) is 13.9 Å². The number of carbonyl (C=O) groups excluding carboxylic acids is 2. The summed E-state index contributed by atoms with van der Waals surface area (Å²) in [7, 11) is 1.51. The molecule has 2 aromatic rings. The topological polar surface area (TPSA) is 94.8 Å². The third kappa shape index (κ3) is 5.02. The molecule has 0 radical (unpaired) electrons. The molecular formula is C18H19NO6. The number of benzene rings is 1. The van der Waals surface area contributed by atoms with Crippen LogP contribution in [-0.4, -0.2) is 32.1 Å². The van der Waals surface area contributed by atoms with Gasteiger partial charge in [-0.1, -0.05) is 5.57 Å². The molecule has 2 rings (SSSR count). The number of hydrogen-bond acceptors (Lipinski definition) is 6. The molecule has 1 amide bonds. The highest BCUT2D eigenvalue weighted by Gasteiger charge is 2.14. The molecule has 7 nitrogen and oxygen atoms in total. The first-order valence-corrected chi connectivity index (χ1v) is 7.62. The minimum absolute atomic E-state index is 0.0992. The SMILES string of the molecule is COCCNC(=O)c1cc2ccc(OC(=O)C=C(C)C)cc2oc1=O. The van der Waals surface area contributed by atoms with E-state index in [1.165, 1.54) is 25.3 Å². The van der Waals surface area contributed by atoms with E-state index in [-0.39, 0.29) is 23.4 Å². The Balaban J connectivity index is 2.26. The van der Waals surface area contributed by atoms with Gasteiger partial charge in [0.1, 0.15) is 16.9 Å². The number of carbonyl (C=O) groups is 2. The molecule has 1 heterocycles. The zero-order chi connectivity index (χ0) is 18.4. The number of amides is 1. The van der Waals surface area contributed by atoms with Crippen molar-refractivity contribution in [3.05, 3.63) is 51.9 Å². The zero-order valence-corrected chi connectivity index (χ0v) is 14.3. The molecule has 0 saturated carbocycles. The highest BCUT2D eigenvalue weighted by atomic mass is 16.5. The van der Waals surface area contributed by atoms with Crippen LogP contribution >= 0.6 is 0 Å². The number of esters is 1. The van der Waals surface area contributed by atoms with Gasteiger partial charge in [-0.3, -0.25) is 4.79 Å². The highest BCUT2D eigenvalue weighted by molar-refractivity contribution is 5.96. The van der Waals surface area contributed by atoms with Gasteiger partial charge in [0, 0.05) is 31.2 Å². The van der Waals surface area contributed by atoms with Crippen LogP contribution < -0.4 is 15.7 Å². The average Bonchev–Trinajstić information content (AvgIpc) is 2.53. The van der Waals surface area contributed by atoms with Crippen LogP contribution in [0.25, 0.3) is 11.0 Å². The number of fused-ring (bicyclic) bond motifs is 1. The fourth-order valence-corrected chi connectivity index (χ4v) is 2.06. The lowest BCUT2D eigenvalue weighted by Gasteiger charge is -2.06. The van der Waals surface area contributed by atoms with Crippen LogP contribution in [0.3, 0.4) is 0 Å². The summed E-state index contributed by atoms with van der Waals surface area (Å²) in [6.45, 7) is 4.18. The predicted octanol–water partition coefficient (Wildman–Crippen LogP) is 2.04. The van der Waals surface area contributed by atoms with Crippen LogP contribution in [0.2, 0.25) is 0 Å². The van der Waals surface area contributed by atoms with E-state index in [1.807, 2.05) is 0 Å². The van der Waals surface area contributed by atoms with Gasteiger partial charge in [0.15, 0.2) is 0 Å². The van der Waals surface area contributed by atoms with Gasteiger partial charge in [0.25, 0.3) is 5.91 Å². The van der Waals surface area contributed by atoms with Gasteiger partial charge < -0.3 is 19.2 Å². The third-order valence-corrected chi connectivity index (χ3v) is 3.17. The van der Waals surface area contributed by atoms with Crippen LogP contribution in [0.1, 0.15) is 24.2 Å². The van der Waals surface area contributed by atoms with Crippen molar-refractivity contribution in [1.29, 1.82) is 0 Å². The second-order valence-corrected chi connectivity index (χ2v) is 5.54. The predicted molar refractivity (Wildman–Crippen MR) is 91.8 cm³/mol. The van der Waals surface area contributed by atoms with Crippen molar-refractivity contribution in [1.82, 2.24) is 5.32 Å². The fraction of sp³-hybridized carbons (Fsp3) is 0.278. The lowest BCUT2D eigenvalue weighted by Crippen LogP contribution is -2.30. The summed E-state index contributed by atoms with van der Waals surface area (Å²) in [5.74, 6) is -0.807. The van der Waals surface area contributed by atoms with Gasteiger partial charge in [-0.15, -0.1) is 0 Å². The van der Waals surface area contributed by atoms with Crippen LogP contribution in [0.4, 0.5) is 0 Å². The Morgan fingerprint density at radius 1 is 1.24 bits per heavy atom. The molecule has 0 unspecified atom stereocenters. The molecule has 0 aliphatic rings. The van der Waals surface area contributed by atoms with Crippen molar-refractivity contribution in [2.75, 3.05) is 20.3 Å². The lowest BCUT2D eigenvalue weighted by atomic mass is 10.1. The highest BCUT2D eigenvalue weighted by Crippen LogP contribution is 2.21. The average molecular weight is 345 g/mol. The molecule has 1 aromatic carbocycles. The summed E-state index contributed by atoms with van der Waals surface area (Å²) in [5, 5.41) is 3.10. The molecule has 0 spiro atoms. The second-order valence-electron chi connectivity index (χ2n) is 5.54. The number of nitrogens with one attached hydrogen (secondary N) is 1. The summed E-state index contributed by atoms with van der Waals surface area (Å²) in [4.78, 5) is 35.6. The molecule has 0 fully saturated rings. The molecule has 0 bridgehead atoms. The van der Waals surface area contributed by atoms with Gasteiger partial charge in [0.2, 0.25) is 0 Å². The molecule has 7 heteroatoms. The van der Waals surface area contributed by atoms with E-state index in [0.29, 0.717) is 12.0 Å². The normalized spacial score (nSPS) is 10.4. The Labute approximate surface area is 144 Å². The van der Waals surface area contributed by atoms with E-state index in [0.717, 1.165) is 5.57 Å². The fourth-order valence-electron chi connectivity index (χ4n) is 2.06. The first-order valence-electron chi connectivity index (χ1n) is 7.62. The Bertz CT molecular complexity index is 877. The van der Waals surface area contributed by atoms with E-state index in [9.17, 15) is 14.4 Å². The summed E-state index contributed by atoms with van der Waals surface area (Å²) in [6, 6.07) is 6.03. The standard InChI is InChI=1S/C18H19NO6/c1-11(2)8-16(20)24-13-5-4-12-9-14(17(21)19-6-7-23-3)18(22)25-15(12)10-13/h4-5,8-10H,6-7H2,1-3H3,(H,19,21). The molecule has 0 aliphatic heterocycles. The van der Waals surface area contributed by atoms with Crippen LogP contribution in [0.15, 0.2) is 45.1 Å². The monoisotopic (exact) mass is 345 g/mol. The molecule has 0 atom stereocenters.